The lowest BCUT2D eigenvalue weighted by Gasteiger charge is -1.48. The second-order valence-corrected chi connectivity index (χ2v) is 1.24. The van der Waals surface area contributed by atoms with Crippen LogP contribution in [0.1, 0.15) is 0 Å². The molecule has 2 radical (unpaired) electrons. The Balaban J connectivity index is 2.17. The fourth-order valence-electron chi connectivity index (χ4n) is 0.111. The van der Waals surface area contributed by atoms with E-state index in [1.165, 1.54) is 0 Å². The number of rotatable bonds is 0. The molecule has 1 rings (SSSR count). The molecule has 0 saturated carbocycles. The second-order valence-electron chi connectivity index (χ2n) is 1.24. The van der Waals surface area contributed by atoms with Crippen LogP contribution in [-0.4, -0.2) is 20.6 Å². The molecule has 0 amide bonds. The molecule has 0 bridgehead atoms. The number of hydrogen-bond donors (Lipinski definition) is 0. The van der Waals surface area contributed by atoms with E-state index in [1.54, 1.807) is 0 Å². The molecule has 0 atom stereocenters. The van der Waals surface area contributed by atoms with Gasteiger partial charge in [-0.1, -0.05) is 0 Å². The van der Waals surface area contributed by atoms with Gasteiger partial charge in [0.1, 0.15) is 0 Å². The van der Waals surface area contributed by atoms with Gasteiger partial charge < -0.3 is 0 Å². The van der Waals surface area contributed by atoms with Gasteiger partial charge in [-0.2, -0.15) is 0 Å². The van der Waals surface area contributed by atoms with Crippen LogP contribution in [0.15, 0.2) is 0 Å². The maximum Gasteiger partial charge on any atom is 0.0414 e. The second kappa shape index (κ2) is 0.570. The summed E-state index contributed by atoms with van der Waals surface area (Å²) < 4.78 is 0. The lowest BCUT2D eigenvalue weighted by molar-refractivity contribution is 2.35. The van der Waals surface area contributed by atoms with Crippen LogP contribution < -0.4 is 0 Å². The molecule has 16 valence electrons. The molecule has 1 heterocycles. The van der Waals surface area contributed by atoms with Gasteiger partial charge in [0, 0.05) is 20.6 Å². The zero-order valence-electron chi connectivity index (χ0n) is 2.73. The predicted octanol–water partition coefficient (Wildman–Crippen LogP) is -0.559. The van der Waals surface area contributed by atoms with Crippen molar-refractivity contribution in [1.82, 2.24) is 0 Å². The largest absolute Gasteiger partial charge is 0.101 e. The van der Waals surface area contributed by atoms with Crippen molar-refractivity contribution in [3.63, 3.8) is 0 Å². The third-order valence-electron chi connectivity index (χ3n) is 0.577. The van der Waals surface area contributed by atoms with Crippen molar-refractivity contribution in [1.29, 1.82) is 0 Å². The Bertz CT molecular complexity index is 22.5. The van der Waals surface area contributed by atoms with Crippen LogP contribution in [0.3, 0.4) is 0 Å². The van der Waals surface area contributed by atoms with E-state index in [2.05, 4.69) is 20.9 Å². The monoisotopic (exact) mass is 48.1 g/mol. The normalized spacial score (nSPS) is 17.8. The minimum Gasteiger partial charge on any atom is -0.101 e. The van der Waals surface area contributed by atoms with Crippen LogP contribution in [0.25, 0.3) is 0 Å². The Hall–Kier alpha value is 0.195. The fraction of sp³-hybridized carbons (Fsp3) is 1.00. The first-order chi connectivity index (χ1) is 1.89. The van der Waals surface area contributed by atoms with Crippen LogP contribution in [-0.2, 0) is 0 Å². The standard InChI is InChI=1S/CH3B3/c1-4-2-3-4/h1H3. The zero-order valence-corrected chi connectivity index (χ0v) is 2.73. The Labute approximate surface area is 28.5 Å². The van der Waals surface area contributed by atoms with Gasteiger partial charge in [0.2, 0.25) is 0 Å². The molecule has 1 aliphatic rings. The molecule has 0 aromatic rings. The van der Waals surface area contributed by atoms with Gasteiger partial charge in [0.25, 0.3) is 0 Å². The molecule has 0 nitrogen and oxygen atoms in total. The van der Waals surface area contributed by atoms with Gasteiger partial charge >= 0.3 is 0 Å². The summed E-state index contributed by atoms with van der Waals surface area (Å²) in [6.45, 7) is 3.00. The first kappa shape index (κ1) is 2.43. The van der Waals surface area contributed by atoms with Crippen LogP contribution in [0, 0.1) is 0 Å². The van der Waals surface area contributed by atoms with Crippen molar-refractivity contribution in [2.75, 3.05) is 0 Å². The van der Waals surface area contributed by atoms with Gasteiger partial charge in [-0.25, -0.2) is 0 Å². The molecule has 1 saturated heterocycles. The Morgan fingerprint density at radius 1 is 1.50 bits per heavy atom. The first-order valence-corrected chi connectivity index (χ1v) is 1.58. The SMILES string of the molecule is CB1[B][B]1. The van der Waals surface area contributed by atoms with Crippen LogP contribution >= 0.6 is 0 Å². The van der Waals surface area contributed by atoms with Gasteiger partial charge in [0.05, 0.1) is 0 Å². The van der Waals surface area contributed by atoms with E-state index in [1.807, 2.05) is 0 Å². The van der Waals surface area contributed by atoms with Crippen LogP contribution in [0.5, 0.6) is 0 Å². The van der Waals surface area contributed by atoms with E-state index in [0.717, 1.165) is 6.49 Å². The summed E-state index contributed by atoms with van der Waals surface area (Å²) in [7, 11) is 4.33. The summed E-state index contributed by atoms with van der Waals surface area (Å²) in [5, 5.41) is 0. The average molecular weight is 47.5 g/mol. The molecular weight excluding hydrogens is 44.4 g/mol. The van der Waals surface area contributed by atoms with Gasteiger partial charge in [-0.05, 0) is 0 Å². The summed E-state index contributed by atoms with van der Waals surface area (Å²) in [5.41, 5.74) is 0. The van der Waals surface area contributed by atoms with Gasteiger partial charge in [-0.3, -0.25) is 0 Å². The van der Waals surface area contributed by atoms with Crippen molar-refractivity contribution in [3.8, 4) is 0 Å². The molecular formula is CH3B3. The zero-order chi connectivity index (χ0) is 2.99. The van der Waals surface area contributed by atoms with Crippen molar-refractivity contribution in [2.24, 2.45) is 0 Å². The minimum atomic E-state index is 0.833. The van der Waals surface area contributed by atoms with E-state index in [-0.39, 0.29) is 0 Å². The summed E-state index contributed by atoms with van der Waals surface area (Å²) in [6.07, 6.45) is 0. The maximum absolute atomic E-state index is 2.17. The third-order valence-corrected chi connectivity index (χ3v) is 0.577. The van der Waals surface area contributed by atoms with E-state index in [0.29, 0.717) is 0 Å². The van der Waals surface area contributed by atoms with E-state index in [4.69, 9.17) is 0 Å². The van der Waals surface area contributed by atoms with Crippen molar-refractivity contribution >= 4 is 20.6 Å². The van der Waals surface area contributed by atoms with Crippen molar-refractivity contribution in [3.05, 3.63) is 0 Å². The van der Waals surface area contributed by atoms with E-state index in [9.17, 15) is 0 Å². The Morgan fingerprint density at radius 3 is 1.75 bits per heavy atom. The fourth-order valence-corrected chi connectivity index (χ4v) is 0.111. The van der Waals surface area contributed by atoms with Crippen LogP contribution in [0.4, 0.5) is 0 Å². The predicted molar refractivity (Wildman–Crippen MR) is 23.1 cm³/mol. The van der Waals surface area contributed by atoms with E-state index >= 15 is 0 Å². The minimum absolute atomic E-state index is 0.833. The molecule has 0 spiro atoms. The smallest absolute Gasteiger partial charge is 0.0414 e. The third kappa shape index (κ3) is 0.307. The summed E-state index contributed by atoms with van der Waals surface area (Å²) >= 11 is 0. The summed E-state index contributed by atoms with van der Waals surface area (Å²) in [5.74, 6) is 0. The highest BCUT2D eigenvalue weighted by atomic mass is 13.2. The highest BCUT2D eigenvalue weighted by Gasteiger charge is 2.18. The quantitative estimate of drug-likeness (QED) is 0.321. The Kier molecular flexibility index (Phi) is 0.347. The molecule has 1 aliphatic heterocycles. The van der Waals surface area contributed by atoms with Crippen molar-refractivity contribution in [2.45, 2.75) is 6.82 Å². The lowest BCUT2D eigenvalue weighted by atomic mass is 9.53. The molecule has 3 heteroatoms. The molecule has 0 aliphatic carbocycles. The lowest BCUT2D eigenvalue weighted by Crippen LogP contribution is -1.74. The highest BCUT2D eigenvalue weighted by Crippen LogP contribution is 1.85. The summed E-state index contributed by atoms with van der Waals surface area (Å²) in [4.78, 5) is 0. The van der Waals surface area contributed by atoms with E-state index < -0.39 is 0 Å². The molecule has 1 fully saturated rings. The molecule has 4 heavy (non-hydrogen) atoms. The highest BCUT2D eigenvalue weighted by molar-refractivity contribution is 7.82. The first-order valence-electron chi connectivity index (χ1n) is 1.58. The van der Waals surface area contributed by atoms with Gasteiger partial charge in [-0.15, -0.1) is 6.82 Å². The molecule has 0 unspecified atom stereocenters. The maximum atomic E-state index is 2.17. The van der Waals surface area contributed by atoms with Crippen LogP contribution in [0.2, 0.25) is 6.82 Å². The molecule has 0 aromatic carbocycles. The molecule has 0 N–H and O–H groups in total. The average Bonchev–Trinajstić information content (AvgIpc) is 1.75. The molecule has 0 aromatic heterocycles. The Morgan fingerprint density at radius 2 is 1.75 bits per heavy atom. The van der Waals surface area contributed by atoms with Gasteiger partial charge in [0.15, 0.2) is 0 Å². The van der Waals surface area contributed by atoms with Crippen molar-refractivity contribution < 1.29 is 0 Å². The summed E-state index contributed by atoms with van der Waals surface area (Å²) in [6, 6.07) is 0. The topological polar surface area (TPSA) is 0 Å². The number of hydrogen-bond acceptors (Lipinski definition) is 0.